The predicted molar refractivity (Wildman–Crippen MR) is 151 cm³/mol. The fourth-order valence-electron chi connectivity index (χ4n) is 6.59. The molecule has 0 bridgehead atoms. The SMILES string of the molecule is c1ccc(-n2c3ccccc3c3ccc4c(c32)-c2ccc3c5cccnc5n5ccnc5c3c2C4)cc1. The van der Waals surface area contributed by atoms with Crippen LogP contribution in [0.15, 0.2) is 110 Å². The summed E-state index contributed by atoms with van der Waals surface area (Å²) < 4.78 is 4.58. The molecule has 4 nitrogen and oxygen atoms in total. The Bertz CT molecular complexity index is 2220. The van der Waals surface area contributed by atoms with Gasteiger partial charge >= 0.3 is 0 Å². The molecule has 0 spiro atoms. The molecule has 1 aliphatic rings. The lowest BCUT2D eigenvalue weighted by molar-refractivity contribution is 1.18. The van der Waals surface area contributed by atoms with Gasteiger partial charge in [0.25, 0.3) is 0 Å². The maximum Gasteiger partial charge on any atom is 0.146 e. The third-order valence-electron chi connectivity index (χ3n) is 8.06. The number of benzene rings is 4. The second kappa shape index (κ2) is 6.83. The van der Waals surface area contributed by atoms with Crippen molar-refractivity contribution in [1.82, 2.24) is 18.9 Å². The Morgan fingerprint density at radius 1 is 0.622 bits per heavy atom. The minimum absolute atomic E-state index is 0.891. The molecule has 8 aromatic rings. The van der Waals surface area contributed by atoms with E-state index in [1.165, 1.54) is 60.5 Å². The minimum Gasteiger partial charge on any atom is -0.309 e. The fourth-order valence-corrected chi connectivity index (χ4v) is 6.59. The van der Waals surface area contributed by atoms with E-state index in [1.807, 2.05) is 24.7 Å². The van der Waals surface area contributed by atoms with Crippen LogP contribution in [0, 0.1) is 0 Å². The van der Waals surface area contributed by atoms with Crippen molar-refractivity contribution in [2.24, 2.45) is 0 Å². The van der Waals surface area contributed by atoms with Crippen LogP contribution in [0.4, 0.5) is 0 Å². The van der Waals surface area contributed by atoms with E-state index in [1.54, 1.807) is 0 Å². The first kappa shape index (κ1) is 19.3. The molecule has 4 heterocycles. The van der Waals surface area contributed by atoms with E-state index in [-0.39, 0.29) is 0 Å². The molecule has 4 aromatic heterocycles. The molecule has 0 unspecified atom stereocenters. The van der Waals surface area contributed by atoms with E-state index >= 15 is 0 Å². The van der Waals surface area contributed by atoms with Gasteiger partial charge in [-0.1, -0.05) is 60.7 Å². The molecule has 4 aromatic carbocycles. The number of pyridine rings is 2. The van der Waals surface area contributed by atoms with Gasteiger partial charge in [0.15, 0.2) is 0 Å². The van der Waals surface area contributed by atoms with Gasteiger partial charge in [0.1, 0.15) is 11.3 Å². The van der Waals surface area contributed by atoms with Crippen LogP contribution in [-0.4, -0.2) is 18.9 Å². The third-order valence-corrected chi connectivity index (χ3v) is 8.06. The summed E-state index contributed by atoms with van der Waals surface area (Å²) in [5.74, 6) is 0. The molecular formula is C33H20N4. The number of hydrogen-bond donors (Lipinski definition) is 0. The zero-order valence-corrected chi connectivity index (χ0v) is 19.9. The number of nitrogens with zero attached hydrogens (tertiary/aromatic N) is 4. The Balaban J connectivity index is 1.47. The highest BCUT2D eigenvalue weighted by molar-refractivity contribution is 6.19. The lowest BCUT2D eigenvalue weighted by Gasteiger charge is -2.13. The Hall–Kier alpha value is -4.96. The van der Waals surface area contributed by atoms with Crippen molar-refractivity contribution in [3.8, 4) is 16.8 Å². The van der Waals surface area contributed by atoms with Gasteiger partial charge in [-0.25, -0.2) is 9.97 Å². The molecule has 4 heteroatoms. The van der Waals surface area contributed by atoms with E-state index < -0.39 is 0 Å². The number of aromatic nitrogens is 4. The predicted octanol–water partition coefficient (Wildman–Crippen LogP) is 7.70. The molecule has 0 radical (unpaired) electrons. The number of imidazole rings is 1. The molecule has 0 atom stereocenters. The van der Waals surface area contributed by atoms with E-state index in [4.69, 9.17) is 9.97 Å². The molecule has 37 heavy (non-hydrogen) atoms. The number of rotatable bonds is 1. The topological polar surface area (TPSA) is 35.1 Å². The zero-order chi connectivity index (χ0) is 24.1. The second-order valence-electron chi connectivity index (χ2n) is 9.87. The van der Waals surface area contributed by atoms with Crippen molar-refractivity contribution in [3.63, 3.8) is 0 Å². The summed E-state index contributed by atoms with van der Waals surface area (Å²) in [4.78, 5) is 9.51. The highest BCUT2D eigenvalue weighted by Gasteiger charge is 2.28. The van der Waals surface area contributed by atoms with Crippen LogP contribution < -0.4 is 0 Å². The van der Waals surface area contributed by atoms with Gasteiger partial charge in [-0.3, -0.25) is 4.40 Å². The summed E-state index contributed by atoms with van der Waals surface area (Å²) in [5.41, 5.74) is 11.0. The van der Waals surface area contributed by atoms with Crippen LogP contribution in [-0.2, 0) is 6.42 Å². The van der Waals surface area contributed by atoms with Gasteiger partial charge in [0.2, 0.25) is 0 Å². The number of para-hydroxylation sites is 2. The number of hydrogen-bond acceptors (Lipinski definition) is 2. The van der Waals surface area contributed by atoms with Gasteiger partial charge in [0.05, 0.1) is 11.0 Å². The van der Waals surface area contributed by atoms with Crippen molar-refractivity contribution < 1.29 is 0 Å². The van der Waals surface area contributed by atoms with E-state index in [0.29, 0.717) is 0 Å². The lowest BCUT2D eigenvalue weighted by Crippen LogP contribution is -1.96. The molecular weight excluding hydrogens is 452 g/mol. The van der Waals surface area contributed by atoms with Gasteiger partial charge in [0, 0.05) is 51.4 Å². The molecule has 9 rings (SSSR count). The molecule has 0 fully saturated rings. The van der Waals surface area contributed by atoms with Crippen LogP contribution in [0.2, 0.25) is 0 Å². The van der Waals surface area contributed by atoms with Crippen molar-refractivity contribution in [2.75, 3.05) is 0 Å². The van der Waals surface area contributed by atoms with Crippen molar-refractivity contribution in [1.29, 1.82) is 0 Å². The summed E-state index contributed by atoms with van der Waals surface area (Å²) in [7, 11) is 0. The van der Waals surface area contributed by atoms with E-state index in [2.05, 4.69) is 93.9 Å². The monoisotopic (exact) mass is 472 g/mol. The van der Waals surface area contributed by atoms with Gasteiger partial charge < -0.3 is 4.57 Å². The summed E-state index contributed by atoms with van der Waals surface area (Å²) in [6.45, 7) is 0. The Morgan fingerprint density at radius 2 is 1.43 bits per heavy atom. The maximum absolute atomic E-state index is 4.82. The quantitative estimate of drug-likeness (QED) is 0.229. The summed E-state index contributed by atoms with van der Waals surface area (Å²) >= 11 is 0. The first-order valence-electron chi connectivity index (χ1n) is 12.6. The smallest absolute Gasteiger partial charge is 0.146 e. The molecule has 0 N–H and O–H groups in total. The largest absolute Gasteiger partial charge is 0.309 e. The van der Waals surface area contributed by atoms with Crippen molar-refractivity contribution in [2.45, 2.75) is 6.42 Å². The fraction of sp³-hybridized carbons (Fsp3) is 0.0303. The first-order chi connectivity index (χ1) is 18.4. The van der Waals surface area contributed by atoms with Crippen molar-refractivity contribution in [3.05, 3.63) is 121 Å². The zero-order valence-electron chi connectivity index (χ0n) is 19.9. The second-order valence-corrected chi connectivity index (χ2v) is 9.87. The van der Waals surface area contributed by atoms with Crippen LogP contribution >= 0.6 is 0 Å². The number of fused-ring (bicyclic) bond motifs is 14. The van der Waals surface area contributed by atoms with Crippen LogP contribution in [0.25, 0.3) is 66.1 Å². The van der Waals surface area contributed by atoms with Crippen LogP contribution in [0.5, 0.6) is 0 Å². The summed E-state index contributed by atoms with van der Waals surface area (Å²) in [6, 6.07) is 32.9. The highest BCUT2D eigenvalue weighted by atomic mass is 15.0. The molecule has 1 aliphatic carbocycles. The molecule has 0 amide bonds. The van der Waals surface area contributed by atoms with Crippen LogP contribution in [0.1, 0.15) is 11.1 Å². The molecule has 172 valence electrons. The van der Waals surface area contributed by atoms with Crippen molar-refractivity contribution >= 4 is 49.3 Å². The standard InChI is InChI=1S/C33H20N4/c1-2-7-21(8-3-1)37-28-11-5-4-9-22(28)25-13-12-20-19-27-24(29(20)31(25)37)15-14-23-26-10-6-16-34-32(26)36-18-17-35-33(36)30(23)27/h1-18H,19H2. The molecule has 0 saturated heterocycles. The van der Waals surface area contributed by atoms with Crippen LogP contribution in [0.3, 0.4) is 0 Å². The normalized spacial score (nSPS) is 12.8. The van der Waals surface area contributed by atoms with Gasteiger partial charge in [-0.15, -0.1) is 0 Å². The minimum atomic E-state index is 0.891. The average molecular weight is 473 g/mol. The highest BCUT2D eigenvalue weighted by Crippen LogP contribution is 2.48. The van der Waals surface area contributed by atoms with Gasteiger partial charge in [-0.05, 0) is 58.8 Å². The summed E-state index contributed by atoms with van der Waals surface area (Å²) in [5, 5.41) is 6.18. The lowest BCUT2D eigenvalue weighted by atomic mass is 9.97. The Kier molecular flexibility index (Phi) is 3.55. The Labute approximate surface area is 212 Å². The Morgan fingerprint density at radius 3 is 2.38 bits per heavy atom. The molecule has 0 aliphatic heterocycles. The molecule has 0 saturated carbocycles. The summed E-state index contributed by atoms with van der Waals surface area (Å²) in [6.07, 6.45) is 6.66. The first-order valence-corrected chi connectivity index (χ1v) is 12.6. The van der Waals surface area contributed by atoms with E-state index in [0.717, 1.165) is 23.1 Å². The third kappa shape index (κ3) is 2.37. The average Bonchev–Trinajstić information content (AvgIpc) is 3.67. The van der Waals surface area contributed by atoms with Gasteiger partial charge in [-0.2, -0.15) is 0 Å². The maximum atomic E-state index is 4.82. The van der Waals surface area contributed by atoms with E-state index in [9.17, 15) is 0 Å².